The predicted molar refractivity (Wildman–Crippen MR) is 74.7 cm³/mol. The van der Waals surface area contributed by atoms with Gasteiger partial charge in [0.1, 0.15) is 11.6 Å². The van der Waals surface area contributed by atoms with Gasteiger partial charge in [0.05, 0.1) is 6.10 Å². The van der Waals surface area contributed by atoms with E-state index >= 15 is 0 Å². The molecule has 4 nitrogen and oxygen atoms in total. The summed E-state index contributed by atoms with van der Waals surface area (Å²) >= 11 is 0. The van der Waals surface area contributed by atoms with E-state index in [-0.39, 0.29) is 6.10 Å². The molecule has 1 heterocycles. The number of aromatic nitrogens is 2. The van der Waals surface area contributed by atoms with Crippen molar-refractivity contribution < 1.29 is 4.74 Å². The fourth-order valence-corrected chi connectivity index (χ4v) is 1.83. The van der Waals surface area contributed by atoms with Crippen molar-refractivity contribution in [1.29, 1.82) is 0 Å². The summed E-state index contributed by atoms with van der Waals surface area (Å²) in [7, 11) is 0. The maximum Gasteiger partial charge on any atom is 0.218 e. The van der Waals surface area contributed by atoms with Crippen molar-refractivity contribution in [1.82, 2.24) is 9.97 Å². The fourth-order valence-electron chi connectivity index (χ4n) is 1.83. The van der Waals surface area contributed by atoms with E-state index in [1.54, 1.807) is 6.07 Å². The van der Waals surface area contributed by atoms with Gasteiger partial charge in [0.25, 0.3) is 0 Å². The Morgan fingerprint density at radius 3 is 2.67 bits per heavy atom. The number of hydrogen-bond acceptors (Lipinski definition) is 4. The number of anilines is 1. The second kappa shape index (κ2) is 7.90. The number of aryl methyl sites for hydroxylation is 1. The third kappa shape index (κ3) is 5.34. The Hall–Kier alpha value is -1.32. The van der Waals surface area contributed by atoms with Gasteiger partial charge in [-0.05, 0) is 19.8 Å². The van der Waals surface area contributed by atoms with Gasteiger partial charge in [-0.3, -0.25) is 0 Å². The van der Waals surface area contributed by atoms with Crippen molar-refractivity contribution in [2.24, 2.45) is 0 Å². The average Bonchev–Trinajstić information content (AvgIpc) is 2.34. The zero-order valence-corrected chi connectivity index (χ0v) is 11.8. The number of rotatable bonds is 8. The summed E-state index contributed by atoms with van der Waals surface area (Å²) in [5.74, 6) is 1.82. The molecule has 0 aromatic carbocycles. The first-order valence-electron chi connectivity index (χ1n) is 6.95. The highest BCUT2D eigenvalue weighted by molar-refractivity contribution is 5.32. The zero-order chi connectivity index (χ0) is 13.4. The lowest BCUT2D eigenvalue weighted by molar-refractivity contribution is 0.197. The second-order valence-corrected chi connectivity index (χ2v) is 4.68. The van der Waals surface area contributed by atoms with Crippen LogP contribution in [0.2, 0.25) is 0 Å². The Bertz CT molecular complexity index is 355. The van der Waals surface area contributed by atoms with Crippen LogP contribution in [0.15, 0.2) is 6.07 Å². The molecule has 2 N–H and O–H groups in total. The highest BCUT2D eigenvalue weighted by atomic mass is 16.5. The molecular formula is C14H25N3O. The van der Waals surface area contributed by atoms with E-state index in [2.05, 4.69) is 23.8 Å². The van der Waals surface area contributed by atoms with Gasteiger partial charge in [-0.25, -0.2) is 4.98 Å². The summed E-state index contributed by atoms with van der Waals surface area (Å²) in [5.41, 5.74) is 5.72. The number of unbranched alkanes of at least 4 members (excludes halogenated alkanes) is 3. The Labute approximate surface area is 110 Å². The minimum atomic E-state index is 0.181. The first-order chi connectivity index (χ1) is 8.65. The van der Waals surface area contributed by atoms with Gasteiger partial charge in [-0.1, -0.05) is 33.1 Å². The van der Waals surface area contributed by atoms with Gasteiger partial charge in [-0.15, -0.1) is 0 Å². The van der Waals surface area contributed by atoms with E-state index in [4.69, 9.17) is 10.5 Å². The summed E-state index contributed by atoms with van der Waals surface area (Å²) in [6.45, 7) is 6.30. The van der Waals surface area contributed by atoms with Crippen LogP contribution >= 0.6 is 0 Å². The van der Waals surface area contributed by atoms with Crippen LogP contribution in [-0.4, -0.2) is 16.1 Å². The molecule has 102 valence electrons. The SMILES string of the molecule is CCCCCCC(C)Oc1cc(N)nc(CC)n1. The lowest BCUT2D eigenvalue weighted by atomic mass is 10.1. The molecule has 0 aliphatic carbocycles. The monoisotopic (exact) mass is 251 g/mol. The molecule has 1 aromatic rings. The smallest absolute Gasteiger partial charge is 0.218 e. The molecule has 0 aliphatic rings. The number of nitrogen functional groups attached to an aromatic ring is 1. The highest BCUT2D eigenvalue weighted by Crippen LogP contribution is 2.15. The standard InChI is InChI=1S/C14H25N3O/c1-4-6-7-8-9-11(3)18-14-10-12(15)16-13(5-2)17-14/h10-11H,4-9H2,1-3H3,(H2,15,16,17). The van der Waals surface area contributed by atoms with Crippen molar-refractivity contribution in [2.75, 3.05) is 5.73 Å². The molecule has 0 spiro atoms. The van der Waals surface area contributed by atoms with Crippen LogP contribution in [0.4, 0.5) is 5.82 Å². The van der Waals surface area contributed by atoms with Gasteiger partial charge >= 0.3 is 0 Å². The third-order valence-corrected chi connectivity index (χ3v) is 2.87. The highest BCUT2D eigenvalue weighted by Gasteiger charge is 2.07. The molecule has 1 atom stereocenters. The van der Waals surface area contributed by atoms with E-state index in [9.17, 15) is 0 Å². The Morgan fingerprint density at radius 1 is 1.22 bits per heavy atom. The molecule has 0 fully saturated rings. The van der Waals surface area contributed by atoms with E-state index in [0.717, 1.165) is 18.7 Å². The van der Waals surface area contributed by atoms with Gasteiger partial charge < -0.3 is 10.5 Å². The van der Waals surface area contributed by atoms with E-state index in [0.29, 0.717) is 11.7 Å². The second-order valence-electron chi connectivity index (χ2n) is 4.68. The third-order valence-electron chi connectivity index (χ3n) is 2.87. The molecule has 18 heavy (non-hydrogen) atoms. The predicted octanol–water partition coefficient (Wildman–Crippen LogP) is 3.36. The first kappa shape index (κ1) is 14.7. The minimum absolute atomic E-state index is 0.181. The van der Waals surface area contributed by atoms with Gasteiger partial charge in [0, 0.05) is 12.5 Å². The van der Waals surface area contributed by atoms with Crippen molar-refractivity contribution in [2.45, 2.75) is 65.4 Å². The molecule has 0 radical (unpaired) electrons. The van der Waals surface area contributed by atoms with Crippen molar-refractivity contribution >= 4 is 5.82 Å². The van der Waals surface area contributed by atoms with Gasteiger partial charge in [0.15, 0.2) is 0 Å². The topological polar surface area (TPSA) is 61.0 Å². The molecular weight excluding hydrogens is 226 g/mol. The Kier molecular flexibility index (Phi) is 6.47. The van der Waals surface area contributed by atoms with E-state index in [1.807, 2.05) is 6.92 Å². The van der Waals surface area contributed by atoms with Crippen LogP contribution in [-0.2, 0) is 6.42 Å². The number of nitrogens with zero attached hydrogens (tertiary/aromatic N) is 2. The average molecular weight is 251 g/mol. The molecule has 0 saturated carbocycles. The van der Waals surface area contributed by atoms with Crippen molar-refractivity contribution in [3.8, 4) is 5.88 Å². The quantitative estimate of drug-likeness (QED) is 0.720. The molecule has 0 amide bonds. The summed E-state index contributed by atoms with van der Waals surface area (Å²) in [6, 6.07) is 1.70. The van der Waals surface area contributed by atoms with Crippen LogP contribution < -0.4 is 10.5 Å². The lowest BCUT2D eigenvalue weighted by Gasteiger charge is -2.14. The van der Waals surface area contributed by atoms with Gasteiger partial charge in [-0.2, -0.15) is 4.98 Å². The number of nitrogens with two attached hydrogens (primary N) is 1. The molecule has 1 unspecified atom stereocenters. The molecule has 0 aliphatic heterocycles. The largest absolute Gasteiger partial charge is 0.475 e. The van der Waals surface area contributed by atoms with Crippen LogP contribution in [0.3, 0.4) is 0 Å². The number of hydrogen-bond donors (Lipinski definition) is 1. The Morgan fingerprint density at radius 2 is 2.00 bits per heavy atom. The van der Waals surface area contributed by atoms with Crippen LogP contribution in [0, 0.1) is 0 Å². The minimum Gasteiger partial charge on any atom is -0.475 e. The van der Waals surface area contributed by atoms with Crippen molar-refractivity contribution in [3.05, 3.63) is 11.9 Å². The molecule has 0 saturated heterocycles. The zero-order valence-electron chi connectivity index (χ0n) is 11.8. The van der Waals surface area contributed by atoms with Crippen LogP contribution in [0.1, 0.15) is 58.7 Å². The normalized spacial score (nSPS) is 12.4. The van der Waals surface area contributed by atoms with E-state index in [1.165, 1.54) is 25.7 Å². The van der Waals surface area contributed by atoms with Gasteiger partial charge in [0.2, 0.25) is 5.88 Å². The molecule has 1 aromatic heterocycles. The maximum atomic E-state index is 5.79. The van der Waals surface area contributed by atoms with Crippen molar-refractivity contribution in [3.63, 3.8) is 0 Å². The summed E-state index contributed by atoms with van der Waals surface area (Å²) in [4.78, 5) is 8.46. The lowest BCUT2D eigenvalue weighted by Crippen LogP contribution is -2.13. The first-order valence-corrected chi connectivity index (χ1v) is 6.95. The summed E-state index contributed by atoms with van der Waals surface area (Å²) < 4.78 is 5.79. The summed E-state index contributed by atoms with van der Waals surface area (Å²) in [5, 5.41) is 0. The molecule has 0 bridgehead atoms. The molecule has 1 rings (SSSR count). The van der Waals surface area contributed by atoms with Crippen LogP contribution in [0.5, 0.6) is 5.88 Å². The van der Waals surface area contributed by atoms with Crippen LogP contribution in [0.25, 0.3) is 0 Å². The number of ether oxygens (including phenoxy) is 1. The Balaban J connectivity index is 2.43. The summed E-state index contributed by atoms with van der Waals surface area (Å²) in [6.07, 6.45) is 7.05. The fraction of sp³-hybridized carbons (Fsp3) is 0.714. The van der Waals surface area contributed by atoms with E-state index < -0.39 is 0 Å². The maximum absolute atomic E-state index is 5.79. The molecule has 4 heteroatoms.